The smallest absolute Gasteiger partial charge is 0.328 e. The highest BCUT2D eigenvalue weighted by Crippen LogP contribution is 2.30. The third-order valence-corrected chi connectivity index (χ3v) is 5.07. The molecule has 0 saturated heterocycles. The highest BCUT2D eigenvalue weighted by atomic mass is 16.6. The molecular formula is C27H30N2O11. The molecule has 1 unspecified atom stereocenters. The number of hydrogen-bond donors (Lipinski definition) is 2. The molecule has 0 radical (unpaired) electrons. The molecule has 0 aromatic heterocycles. The van der Waals surface area contributed by atoms with E-state index in [2.05, 4.69) is 5.32 Å². The Morgan fingerprint density at radius 2 is 1.07 bits per heavy atom. The standard InChI is InChI=1S/C27H30N2O11/c1-14(30)37-22-8-6-18(12-24(22)39-16(3)32)10-20(28)26(34)29-21(27(35)36-5)11-19-7-9-23(38-15(2)31)25(13-19)40-17(4)33/h6-9,12-13,20-21H,10-11,28H2,1-5H3,(H,29,34)/t20-,21?/m0/s1. The van der Waals surface area contributed by atoms with Crippen molar-refractivity contribution in [1.29, 1.82) is 0 Å². The molecule has 2 aromatic carbocycles. The number of esters is 5. The predicted octanol–water partition coefficient (Wildman–Crippen LogP) is 1.16. The van der Waals surface area contributed by atoms with Crippen LogP contribution in [0.25, 0.3) is 0 Å². The second kappa shape index (κ2) is 14.4. The molecule has 2 aromatic rings. The quantitative estimate of drug-likeness (QED) is 0.296. The van der Waals surface area contributed by atoms with Gasteiger partial charge in [0.05, 0.1) is 13.2 Å². The Morgan fingerprint density at radius 3 is 1.48 bits per heavy atom. The summed E-state index contributed by atoms with van der Waals surface area (Å²) in [6.07, 6.45) is -0.102. The van der Waals surface area contributed by atoms with Gasteiger partial charge in [-0.25, -0.2) is 4.79 Å². The second-order valence-corrected chi connectivity index (χ2v) is 8.54. The Kier molecular flexibility index (Phi) is 11.3. The summed E-state index contributed by atoms with van der Waals surface area (Å²) in [6.45, 7) is 4.72. The summed E-state index contributed by atoms with van der Waals surface area (Å²) in [5.74, 6) is -4.07. The first-order valence-electron chi connectivity index (χ1n) is 11.9. The SMILES string of the molecule is COC(=O)C(Cc1ccc(OC(C)=O)c(OC(C)=O)c1)NC(=O)[C@@H](N)Cc1ccc(OC(C)=O)c(OC(C)=O)c1. The van der Waals surface area contributed by atoms with Crippen molar-refractivity contribution in [3.63, 3.8) is 0 Å². The lowest BCUT2D eigenvalue weighted by molar-refractivity contribution is -0.145. The maximum absolute atomic E-state index is 12.9. The minimum absolute atomic E-state index is 0.0000286. The first-order valence-corrected chi connectivity index (χ1v) is 11.9. The number of ether oxygens (including phenoxy) is 5. The number of nitrogens with one attached hydrogen (secondary N) is 1. The van der Waals surface area contributed by atoms with E-state index in [-0.39, 0.29) is 35.8 Å². The molecule has 1 amide bonds. The Balaban J connectivity index is 2.21. The van der Waals surface area contributed by atoms with Crippen molar-refractivity contribution in [2.24, 2.45) is 5.73 Å². The lowest BCUT2D eigenvalue weighted by Gasteiger charge is -2.20. The Bertz CT molecular complexity index is 1310. The van der Waals surface area contributed by atoms with Gasteiger partial charge in [-0.1, -0.05) is 12.1 Å². The molecule has 40 heavy (non-hydrogen) atoms. The van der Waals surface area contributed by atoms with Crippen LogP contribution in [-0.4, -0.2) is 54.9 Å². The predicted molar refractivity (Wildman–Crippen MR) is 137 cm³/mol. The maximum atomic E-state index is 12.9. The van der Waals surface area contributed by atoms with Gasteiger partial charge in [0.15, 0.2) is 23.0 Å². The van der Waals surface area contributed by atoms with Crippen molar-refractivity contribution in [2.45, 2.75) is 52.6 Å². The Morgan fingerprint density at radius 1 is 0.675 bits per heavy atom. The zero-order valence-electron chi connectivity index (χ0n) is 22.6. The van der Waals surface area contributed by atoms with Gasteiger partial charge < -0.3 is 34.7 Å². The van der Waals surface area contributed by atoms with Crippen LogP contribution < -0.4 is 30.0 Å². The zero-order valence-corrected chi connectivity index (χ0v) is 22.6. The molecule has 2 rings (SSSR count). The molecule has 0 heterocycles. The molecular weight excluding hydrogens is 528 g/mol. The van der Waals surface area contributed by atoms with E-state index < -0.39 is 47.8 Å². The van der Waals surface area contributed by atoms with Crippen molar-refractivity contribution >= 4 is 35.8 Å². The average molecular weight is 559 g/mol. The van der Waals surface area contributed by atoms with Gasteiger partial charge in [0.25, 0.3) is 0 Å². The molecule has 13 nitrogen and oxygen atoms in total. The van der Waals surface area contributed by atoms with E-state index in [1.165, 1.54) is 64.1 Å². The molecule has 0 aliphatic carbocycles. The highest BCUT2D eigenvalue weighted by molar-refractivity contribution is 5.88. The normalized spacial score (nSPS) is 11.8. The third-order valence-electron chi connectivity index (χ3n) is 5.07. The van der Waals surface area contributed by atoms with Crippen LogP contribution in [0.4, 0.5) is 0 Å². The van der Waals surface area contributed by atoms with Gasteiger partial charge in [-0.3, -0.25) is 24.0 Å². The first-order chi connectivity index (χ1) is 18.8. The van der Waals surface area contributed by atoms with Crippen LogP contribution >= 0.6 is 0 Å². The summed E-state index contributed by atoms with van der Waals surface area (Å²) >= 11 is 0. The number of rotatable bonds is 11. The van der Waals surface area contributed by atoms with E-state index >= 15 is 0 Å². The minimum atomic E-state index is -1.17. The van der Waals surface area contributed by atoms with Gasteiger partial charge in [-0.05, 0) is 41.8 Å². The minimum Gasteiger partial charge on any atom is -0.467 e. The van der Waals surface area contributed by atoms with E-state index in [1.807, 2.05) is 0 Å². The third kappa shape index (κ3) is 9.83. The molecule has 3 N–H and O–H groups in total. The van der Waals surface area contributed by atoms with Crippen LogP contribution in [0.3, 0.4) is 0 Å². The molecule has 0 fully saturated rings. The van der Waals surface area contributed by atoms with Gasteiger partial charge in [-0.2, -0.15) is 0 Å². The van der Waals surface area contributed by atoms with Gasteiger partial charge >= 0.3 is 29.8 Å². The summed E-state index contributed by atoms with van der Waals surface area (Å²) < 4.78 is 25.1. The summed E-state index contributed by atoms with van der Waals surface area (Å²) in [4.78, 5) is 71.0. The fourth-order valence-corrected chi connectivity index (χ4v) is 3.50. The van der Waals surface area contributed by atoms with E-state index in [9.17, 15) is 28.8 Å². The molecule has 13 heteroatoms. The van der Waals surface area contributed by atoms with Crippen LogP contribution in [-0.2, 0) is 46.3 Å². The van der Waals surface area contributed by atoms with Crippen LogP contribution in [0.15, 0.2) is 36.4 Å². The largest absolute Gasteiger partial charge is 0.467 e. The average Bonchev–Trinajstić information content (AvgIpc) is 2.85. The molecule has 0 aliphatic rings. The van der Waals surface area contributed by atoms with Crippen LogP contribution in [0.5, 0.6) is 23.0 Å². The topological polar surface area (TPSA) is 187 Å². The number of nitrogens with two attached hydrogens (primary N) is 1. The summed E-state index contributed by atoms with van der Waals surface area (Å²) in [5, 5.41) is 2.54. The molecule has 2 atom stereocenters. The van der Waals surface area contributed by atoms with E-state index in [4.69, 9.17) is 29.4 Å². The van der Waals surface area contributed by atoms with Gasteiger partial charge in [-0.15, -0.1) is 0 Å². The lowest BCUT2D eigenvalue weighted by Crippen LogP contribution is -2.50. The lowest BCUT2D eigenvalue weighted by atomic mass is 10.0. The Hall–Kier alpha value is -4.78. The van der Waals surface area contributed by atoms with Crippen molar-refractivity contribution in [1.82, 2.24) is 5.32 Å². The maximum Gasteiger partial charge on any atom is 0.328 e. The fraction of sp³-hybridized carbons (Fsp3) is 0.333. The zero-order chi connectivity index (χ0) is 30.0. The molecule has 0 aliphatic heterocycles. The number of amides is 1. The first kappa shape index (κ1) is 31.4. The van der Waals surface area contributed by atoms with E-state index in [1.54, 1.807) is 0 Å². The number of hydrogen-bond acceptors (Lipinski definition) is 12. The van der Waals surface area contributed by atoms with Crippen molar-refractivity contribution in [3.05, 3.63) is 47.5 Å². The number of carbonyl (C=O) groups is 6. The van der Waals surface area contributed by atoms with Gasteiger partial charge in [0, 0.05) is 34.1 Å². The fourth-order valence-electron chi connectivity index (χ4n) is 3.50. The molecule has 214 valence electrons. The van der Waals surface area contributed by atoms with Gasteiger partial charge in [0.2, 0.25) is 5.91 Å². The van der Waals surface area contributed by atoms with E-state index in [0.29, 0.717) is 11.1 Å². The monoisotopic (exact) mass is 558 g/mol. The molecule has 0 saturated carbocycles. The Labute approximate surface area is 229 Å². The van der Waals surface area contributed by atoms with Crippen LogP contribution in [0, 0.1) is 0 Å². The van der Waals surface area contributed by atoms with Gasteiger partial charge in [0.1, 0.15) is 6.04 Å². The highest BCUT2D eigenvalue weighted by Gasteiger charge is 2.26. The van der Waals surface area contributed by atoms with Crippen molar-refractivity contribution in [3.8, 4) is 23.0 Å². The van der Waals surface area contributed by atoms with Crippen LogP contribution in [0.2, 0.25) is 0 Å². The summed E-state index contributed by atoms with van der Waals surface area (Å²) in [6, 6.07) is 6.34. The molecule has 0 spiro atoms. The summed E-state index contributed by atoms with van der Waals surface area (Å²) in [7, 11) is 1.15. The van der Waals surface area contributed by atoms with Crippen molar-refractivity contribution in [2.75, 3.05) is 7.11 Å². The number of carbonyl (C=O) groups excluding carboxylic acids is 6. The summed E-state index contributed by atoms with van der Waals surface area (Å²) in [5.41, 5.74) is 7.02. The van der Waals surface area contributed by atoms with Crippen molar-refractivity contribution < 1.29 is 52.5 Å². The number of methoxy groups -OCH3 is 1. The second-order valence-electron chi connectivity index (χ2n) is 8.54. The van der Waals surface area contributed by atoms with Crippen LogP contribution in [0.1, 0.15) is 38.8 Å². The number of benzene rings is 2. The van der Waals surface area contributed by atoms with E-state index in [0.717, 1.165) is 7.11 Å². The molecule has 0 bridgehead atoms.